The molecule has 3 rings (SSSR count). The Labute approximate surface area is 226 Å². The molecular formula is C29H46N2O7. The van der Waals surface area contributed by atoms with Crippen molar-refractivity contribution in [3.8, 4) is 0 Å². The third kappa shape index (κ3) is 10.2. The molecule has 4 atom stereocenters. The van der Waals surface area contributed by atoms with Crippen LogP contribution < -0.4 is 10.6 Å². The molecule has 9 heteroatoms. The number of aliphatic carboxylic acids is 1. The molecule has 2 fully saturated rings. The molecule has 0 spiro atoms. The van der Waals surface area contributed by atoms with Crippen LogP contribution in [0, 0.1) is 0 Å². The van der Waals surface area contributed by atoms with E-state index in [4.69, 9.17) is 24.1 Å². The van der Waals surface area contributed by atoms with Gasteiger partial charge in [-0.05, 0) is 38.0 Å². The van der Waals surface area contributed by atoms with Gasteiger partial charge in [0.2, 0.25) is 0 Å². The fraction of sp³-hybridized carbons (Fsp3) is 0.724. The molecule has 38 heavy (non-hydrogen) atoms. The van der Waals surface area contributed by atoms with Gasteiger partial charge in [-0.2, -0.15) is 0 Å². The number of nitrogens with one attached hydrogen (secondary N) is 2. The fourth-order valence-electron chi connectivity index (χ4n) is 4.97. The molecule has 2 aliphatic rings. The Morgan fingerprint density at radius 1 is 0.947 bits per heavy atom. The molecule has 0 aliphatic carbocycles. The highest BCUT2D eigenvalue weighted by molar-refractivity contribution is 5.89. The van der Waals surface area contributed by atoms with Gasteiger partial charge in [0.25, 0.3) is 0 Å². The number of amides is 2. The maximum absolute atomic E-state index is 12.5. The van der Waals surface area contributed by atoms with Crippen molar-refractivity contribution in [1.29, 1.82) is 0 Å². The van der Waals surface area contributed by atoms with E-state index in [1.54, 1.807) is 24.3 Å². The topological polar surface area (TPSA) is 115 Å². The summed E-state index contributed by atoms with van der Waals surface area (Å²) in [7, 11) is 0. The third-order valence-electron chi connectivity index (χ3n) is 6.93. The summed E-state index contributed by atoms with van der Waals surface area (Å²) in [5, 5.41) is 14.5. The summed E-state index contributed by atoms with van der Waals surface area (Å²) >= 11 is 0. The number of hydrogen-bond donors (Lipinski definition) is 3. The minimum absolute atomic E-state index is 0.0602. The standard InChI is InChI=1S/C29H46N2O7/c1-4-5-6-7-8-9-10-11-12-13-18-35-25-23(36-27-26(25)37-29(2,3)38-27)20-30-28(34)31-22-16-14-21(15-17-22)19-24(32)33/h14-17,23,25-27H,4-13,18-20H2,1-3H3,(H,32,33)(H2,30,31,34)/t23-,25-,26+,27+/m0/s1. The molecule has 0 unspecified atom stereocenters. The monoisotopic (exact) mass is 534 g/mol. The number of carboxylic acids is 1. The summed E-state index contributed by atoms with van der Waals surface area (Å²) < 4.78 is 24.3. The first-order valence-electron chi connectivity index (χ1n) is 14.3. The highest BCUT2D eigenvalue weighted by Gasteiger charge is 2.55. The third-order valence-corrected chi connectivity index (χ3v) is 6.93. The molecule has 2 saturated heterocycles. The smallest absolute Gasteiger partial charge is 0.319 e. The van der Waals surface area contributed by atoms with Gasteiger partial charge in [-0.1, -0.05) is 76.8 Å². The van der Waals surface area contributed by atoms with Crippen LogP contribution in [0.5, 0.6) is 0 Å². The summed E-state index contributed by atoms with van der Waals surface area (Å²) in [5.74, 6) is -1.64. The molecule has 0 radical (unpaired) electrons. The minimum atomic E-state index is -0.897. The zero-order valence-electron chi connectivity index (χ0n) is 23.2. The molecular weight excluding hydrogens is 488 g/mol. The van der Waals surface area contributed by atoms with Crippen molar-refractivity contribution < 1.29 is 33.6 Å². The summed E-state index contributed by atoms with van der Waals surface area (Å²) in [4.78, 5) is 23.3. The van der Waals surface area contributed by atoms with Crippen LogP contribution in [-0.2, 0) is 30.2 Å². The van der Waals surface area contributed by atoms with Crippen LogP contribution in [-0.4, -0.2) is 60.6 Å². The lowest BCUT2D eigenvalue weighted by atomic mass is 10.1. The molecule has 0 saturated carbocycles. The number of carbonyl (C=O) groups excluding carboxylic acids is 1. The first-order chi connectivity index (χ1) is 18.3. The molecule has 0 aromatic heterocycles. The number of hydrogen-bond acceptors (Lipinski definition) is 6. The molecule has 2 amide bonds. The number of urea groups is 1. The van der Waals surface area contributed by atoms with E-state index in [2.05, 4.69) is 17.6 Å². The van der Waals surface area contributed by atoms with Gasteiger partial charge in [0.15, 0.2) is 12.1 Å². The predicted octanol–water partition coefficient (Wildman–Crippen LogP) is 5.62. The lowest BCUT2D eigenvalue weighted by Gasteiger charge is -2.26. The van der Waals surface area contributed by atoms with Crippen molar-refractivity contribution in [2.45, 2.75) is 122 Å². The van der Waals surface area contributed by atoms with Gasteiger partial charge in [-0.25, -0.2) is 4.79 Å². The Balaban J connectivity index is 1.39. The molecule has 0 bridgehead atoms. The fourth-order valence-corrected chi connectivity index (χ4v) is 4.97. The lowest BCUT2D eigenvalue weighted by molar-refractivity contribution is -0.217. The van der Waals surface area contributed by atoms with E-state index in [1.807, 2.05) is 13.8 Å². The van der Waals surface area contributed by atoms with Crippen LogP contribution in [0.1, 0.15) is 90.5 Å². The van der Waals surface area contributed by atoms with Crippen LogP contribution in [0.4, 0.5) is 10.5 Å². The van der Waals surface area contributed by atoms with Gasteiger partial charge >= 0.3 is 12.0 Å². The van der Waals surface area contributed by atoms with Crippen LogP contribution in [0.25, 0.3) is 0 Å². The molecule has 2 aliphatic heterocycles. The molecule has 214 valence electrons. The summed E-state index contributed by atoms with van der Waals surface area (Å²) in [6.07, 6.45) is 10.9. The van der Waals surface area contributed by atoms with Gasteiger partial charge in [0, 0.05) is 18.8 Å². The van der Waals surface area contributed by atoms with E-state index in [9.17, 15) is 9.59 Å². The maximum Gasteiger partial charge on any atom is 0.319 e. The Kier molecular flexibility index (Phi) is 12.3. The minimum Gasteiger partial charge on any atom is -0.481 e. The molecule has 3 N–H and O–H groups in total. The van der Waals surface area contributed by atoms with E-state index in [0.29, 0.717) is 17.9 Å². The Hall–Kier alpha value is -2.20. The summed E-state index contributed by atoms with van der Waals surface area (Å²) in [6.45, 7) is 6.82. The Morgan fingerprint density at radius 2 is 1.58 bits per heavy atom. The summed E-state index contributed by atoms with van der Waals surface area (Å²) in [6, 6.07) is 6.33. The average Bonchev–Trinajstić information content (AvgIpc) is 3.33. The van der Waals surface area contributed by atoms with Crippen molar-refractivity contribution in [1.82, 2.24) is 5.32 Å². The van der Waals surface area contributed by atoms with Crippen LogP contribution in [0.15, 0.2) is 24.3 Å². The van der Waals surface area contributed by atoms with Gasteiger partial charge < -0.3 is 34.7 Å². The number of carboxylic acid groups (broad SMARTS) is 1. The largest absolute Gasteiger partial charge is 0.481 e. The van der Waals surface area contributed by atoms with Gasteiger partial charge in [-0.3, -0.25) is 4.79 Å². The van der Waals surface area contributed by atoms with E-state index in [0.717, 1.165) is 12.8 Å². The van der Waals surface area contributed by atoms with E-state index >= 15 is 0 Å². The number of anilines is 1. The van der Waals surface area contributed by atoms with Crippen LogP contribution in [0.3, 0.4) is 0 Å². The average molecular weight is 535 g/mol. The SMILES string of the molecule is CCCCCCCCCCCCO[C@@H]1[C@H]2OC(C)(C)O[C@H]2O[C@H]1CNC(=O)Nc1ccc(CC(=O)O)cc1. The van der Waals surface area contributed by atoms with Crippen molar-refractivity contribution >= 4 is 17.7 Å². The number of unbranched alkanes of at least 4 members (excludes halogenated alkanes) is 9. The normalized spacial score (nSPS) is 23.8. The zero-order chi connectivity index (χ0) is 27.4. The molecule has 2 heterocycles. The van der Waals surface area contributed by atoms with Gasteiger partial charge in [-0.15, -0.1) is 0 Å². The molecule has 9 nitrogen and oxygen atoms in total. The summed E-state index contributed by atoms with van der Waals surface area (Å²) in [5.41, 5.74) is 1.24. The van der Waals surface area contributed by atoms with E-state index < -0.39 is 24.2 Å². The first kappa shape index (κ1) is 30.3. The highest BCUT2D eigenvalue weighted by atomic mass is 16.8. The maximum atomic E-state index is 12.5. The quantitative estimate of drug-likeness (QED) is 0.222. The lowest BCUT2D eigenvalue weighted by Crippen LogP contribution is -2.44. The number of fused-ring (bicyclic) bond motifs is 1. The second-order valence-corrected chi connectivity index (χ2v) is 10.8. The number of ether oxygens (including phenoxy) is 4. The van der Waals surface area contributed by atoms with Gasteiger partial charge in [0.1, 0.15) is 18.3 Å². The number of benzene rings is 1. The number of rotatable bonds is 17. The molecule has 1 aromatic carbocycles. The van der Waals surface area contributed by atoms with Crippen molar-refractivity contribution in [3.05, 3.63) is 29.8 Å². The van der Waals surface area contributed by atoms with Crippen molar-refractivity contribution in [3.63, 3.8) is 0 Å². The zero-order valence-corrected chi connectivity index (χ0v) is 23.2. The second-order valence-electron chi connectivity index (χ2n) is 10.8. The first-order valence-corrected chi connectivity index (χ1v) is 14.3. The van der Waals surface area contributed by atoms with E-state index in [-0.39, 0.29) is 31.2 Å². The number of carbonyl (C=O) groups is 2. The van der Waals surface area contributed by atoms with Crippen LogP contribution >= 0.6 is 0 Å². The Morgan fingerprint density at radius 3 is 2.21 bits per heavy atom. The van der Waals surface area contributed by atoms with Crippen molar-refractivity contribution in [2.75, 3.05) is 18.5 Å². The van der Waals surface area contributed by atoms with E-state index in [1.165, 1.54) is 51.4 Å². The molecule has 1 aromatic rings. The van der Waals surface area contributed by atoms with Gasteiger partial charge in [0.05, 0.1) is 6.42 Å². The highest BCUT2D eigenvalue weighted by Crippen LogP contribution is 2.38. The van der Waals surface area contributed by atoms with Crippen molar-refractivity contribution in [2.24, 2.45) is 0 Å². The van der Waals surface area contributed by atoms with Crippen LogP contribution in [0.2, 0.25) is 0 Å². The Bertz CT molecular complexity index is 861. The predicted molar refractivity (Wildman–Crippen MR) is 145 cm³/mol. The second kappa shape index (κ2) is 15.4.